The summed E-state index contributed by atoms with van der Waals surface area (Å²) in [5, 5.41) is 9.47. The van der Waals surface area contributed by atoms with Crippen molar-refractivity contribution in [3.05, 3.63) is 59.2 Å². The molecule has 2 aliphatic heterocycles. The zero-order chi connectivity index (χ0) is 18.6. The van der Waals surface area contributed by atoms with Crippen LogP contribution in [0.5, 0.6) is 11.5 Å². The van der Waals surface area contributed by atoms with Gasteiger partial charge >= 0.3 is 0 Å². The normalized spacial score (nSPS) is 16.1. The summed E-state index contributed by atoms with van der Waals surface area (Å²) in [4.78, 5) is 15.1. The molecular weight excluding hydrogens is 340 g/mol. The largest absolute Gasteiger partial charge is 0.454 e. The fourth-order valence-electron chi connectivity index (χ4n) is 3.44. The van der Waals surface area contributed by atoms with Crippen LogP contribution in [-0.4, -0.2) is 25.7 Å². The molecule has 0 aliphatic carbocycles. The summed E-state index contributed by atoms with van der Waals surface area (Å²) < 4.78 is 10.6. The zero-order valence-electron chi connectivity index (χ0n) is 15.0. The lowest BCUT2D eigenvalue weighted by atomic mass is 10.0. The Morgan fingerprint density at radius 3 is 2.48 bits per heavy atom. The summed E-state index contributed by atoms with van der Waals surface area (Å²) in [5.41, 5.74) is 2.53. The van der Waals surface area contributed by atoms with Gasteiger partial charge in [0.05, 0.1) is 0 Å². The zero-order valence-corrected chi connectivity index (χ0v) is 15.0. The first-order valence-electron chi connectivity index (χ1n) is 9.16. The SMILES string of the molecule is N#CC(=Cc1ccc(N2CCCCC2)cc1)C(=O)c1ccc2c(c1)OCO2. The summed E-state index contributed by atoms with van der Waals surface area (Å²) in [6, 6.07) is 15.0. The summed E-state index contributed by atoms with van der Waals surface area (Å²) in [6.07, 6.45) is 5.38. The number of nitrogens with zero attached hydrogens (tertiary/aromatic N) is 2. The van der Waals surface area contributed by atoms with Crippen LogP contribution in [0.1, 0.15) is 35.2 Å². The smallest absolute Gasteiger partial charge is 0.231 e. The molecule has 0 radical (unpaired) electrons. The van der Waals surface area contributed by atoms with Crippen LogP contribution in [-0.2, 0) is 0 Å². The molecular formula is C22H20N2O3. The number of allylic oxidation sites excluding steroid dienone is 1. The van der Waals surface area contributed by atoms with Crippen molar-refractivity contribution in [2.45, 2.75) is 19.3 Å². The van der Waals surface area contributed by atoms with E-state index in [0.29, 0.717) is 17.1 Å². The molecule has 27 heavy (non-hydrogen) atoms. The highest BCUT2D eigenvalue weighted by molar-refractivity contribution is 6.14. The van der Waals surface area contributed by atoms with Crippen LogP contribution in [0.15, 0.2) is 48.0 Å². The van der Waals surface area contributed by atoms with E-state index < -0.39 is 0 Å². The number of anilines is 1. The average molecular weight is 360 g/mol. The summed E-state index contributed by atoms with van der Waals surface area (Å²) in [7, 11) is 0. The monoisotopic (exact) mass is 360 g/mol. The van der Waals surface area contributed by atoms with Gasteiger partial charge in [-0.1, -0.05) is 12.1 Å². The maximum Gasteiger partial charge on any atom is 0.231 e. The number of piperidine rings is 1. The molecule has 5 heteroatoms. The van der Waals surface area contributed by atoms with Crippen LogP contribution >= 0.6 is 0 Å². The number of carbonyl (C=O) groups is 1. The molecule has 5 nitrogen and oxygen atoms in total. The first kappa shape index (κ1) is 17.2. The molecule has 4 rings (SSSR count). The number of benzene rings is 2. The third-order valence-electron chi connectivity index (χ3n) is 4.93. The molecule has 0 saturated carbocycles. The quantitative estimate of drug-likeness (QED) is 0.465. The molecule has 0 bridgehead atoms. The standard InChI is InChI=1S/C22H20N2O3/c23-14-18(22(25)17-6-9-20-21(13-17)27-15-26-20)12-16-4-7-19(8-5-16)24-10-2-1-3-11-24/h4-9,12-13H,1-3,10-11,15H2. The second kappa shape index (κ2) is 7.55. The Kier molecular flexibility index (Phi) is 4.80. The maximum atomic E-state index is 12.7. The molecule has 0 amide bonds. The van der Waals surface area contributed by atoms with Crippen molar-refractivity contribution in [2.24, 2.45) is 0 Å². The van der Waals surface area contributed by atoms with E-state index >= 15 is 0 Å². The number of nitriles is 1. The Hall–Kier alpha value is -3.26. The van der Waals surface area contributed by atoms with E-state index in [2.05, 4.69) is 17.0 Å². The number of rotatable bonds is 4. The predicted octanol–water partition coefficient (Wildman–Crippen LogP) is 4.20. The fraction of sp³-hybridized carbons (Fsp3) is 0.273. The van der Waals surface area contributed by atoms with Crippen molar-refractivity contribution in [1.29, 1.82) is 5.26 Å². The maximum absolute atomic E-state index is 12.7. The Morgan fingerprint density at radius 1 is 1.00 bits per heavy atom. The highest BCUT2D eigenvalue weighted by atomic mass is 16.7. The number of hydrogen-bond donors (Lipinski definition) is 0. The van der Waals surface area contributed by atoms with Gasteiger partial charge in [-0.15, -0.1) is 0 Å². The number of ether oxygens (including phenoxy) is 2. The lowest BCUT2D eigenvalue weighted by Gasteiger charge is -2.28. The second-order valence-electron chi connectivity index (χ2n) is 6.71. The Balaban J connectivity index is 1.54. The van der Waals surface area contributed by atoms with Gasteiger partial charge in [0.1, 0.15) is 11.6 Å². The Labute approximate surface area is 158 Å². The van der Waals surface area contributed by atoms with Gasteiger partial charge in [-0.05, 0) is 61.2 Å². The molecule has 0 atom stereocenters. The molecule has 2 heterocycles. The summed E-state index contributed by atoms with van der Waals surface area (Å²) >= 11 is 0. The molecule has 1 fully saturated rings. The highest BCUT2D eigenvalue weighted by Gasteiger charge is 2.18. The molecule has 0 unspecified atom stereocenters. The van der Waals surface area contributed by atoms with E-state index in [1.807, 2.05) is 18.2 Å². The van der Waals surface area contributed by atoms with Crippen molar-refractivity contribution in [2.75, 3.05) is 24.8 Å². The minimum Gasteiger partial charge on any atom is -0.454 e. The first-order valence-corrected chi connectivity index (χ1v) is 9.16. The van der Waals surface area contributed by atoms with Crippen LogP contribution < -0.4 is 14.4 Å². The van der Waals surface area contributed by atoms with Gasteiger partial charge in [0, 0.05) is 24.3 Å². The van der Waals surface area contributed by atoms with Crippen molar-refractivity contribution >= 4 is 17.5 Å². The molecule has 0 spiro atoms. The van der Waals surface area contributed by atoms with Gasteiger partial charge in [0.2, 0.25) is 12.6 Å². The van der Waals surface area contributed by atoms with Crippen molar-refractivity contribution < 1.29 is 14.3 Å². The van der Waals surface area contributed by atoms with E-state index in [4.69, 9.17) is 9.47 Å². The van der Waals surface area contributed by atoms with Crippen LogP contribution in [0.4, 0.5) is 5.69 Å². The Bertz CT molecular complexity index is 920. The van der Waals surface area contributed by atoms with E-state index in [9.17, 15) is 10.1 Å². The lowest BCUT2D eigenvalue weighted by molar-refractivity contribution is 0.103. The first-order chi connectivity index (χ1) is 13.2. The topological polar surface area (TPSA) is 62.6 Å². The minimum atomic E-state index is -0.323. The van der Waals surface area contributed by atoms with E-state index in [1.165, 1.54) is 24.9 Å². The van der Waals surface area contributed by atoms with Gasteiger partial charge < -0.3 is 14.4 Å². The van der Waals surface area contributed by atoms with Crippen LogP contribution in [0.2, 0.25) is 0 Å². The molecule has 2 aliphatic rings. The summed E-state index contributed by atoms with van der Waals surface area (Å²) in [5.74, 6) is 0.822. The van der Waals surface area contributed by atoms with Gasteiger partial charge in [-0.2, -0.15) is 5.26 Å². The van der Waals surface area contributed by atoms with Gasteiger partial charge in [0.25, 0.3) is 0 Å². The number of fused-ring (bicyclic) bond motifs is 1. The molecule has 1 saturated heterocycles. The lowest BCUT2D eigenvalue weighted by Crippen LogP contribution is -2.29. The van der Waals surface area contributed by atoms with Crippen LogP contribution in [0, 0.1) is 11.3 Å². The third-order valence-corrected chi connectivity index (χ3v) is 4.93. The van der Waals surface area contributed by atoms with Crippen molar-refractivity contribution in [3.8, 4) is 17.6 Å². The predicted molar refractivity (Wildman–Crippen MR) is 103 cm³/mol. The molecule has 2 aromatic rings. The number of carbonyl (C=O) groups excluding carboxylic acids is 1. The molecule has 2 aromatic carbocycles. The van der Waals surface area contributed by atoms with E-state index in [-0.39, 0.29) is 18.1 Å². The molecule has 0 aromatic heterocycles. The average Bonchev–Trinajstić information content (AvgIpc) is 3.20. The van der Waals surface area contributed by atoms with Crippen molar-refractivity contribution in [3.63, 3.8) is 0 Å². The molecule has 136 valence electrons. The van der Waals surface area contributed by atoms with Gasteiger partial charge in [-0.3, -0.25) is 4.79 Å². The van der Waals surface area contributed by atoms with Crippen molar-refractivity contribution in [1.82, 2.24) is 0 Å². The Morgan fingerprint density at radius 2 is 1.74 bits per heavy atom. The fourth-order valence-corrected chi connectivity index (χ4v) is 3.44. The number of Topliss-reactive ketones (excluding diaryl/α,β-unsaturated/α-hetero) is 1. The van der Waals surface area contributed by atoms with E-state index in [0.717, 1.165) is 18.7 Å². The number of hydrogen-bond acceptors (Lipinski definition) is 5. The van der Waals surface area contributed by atoms with E-state index in [1.54, 1.807) is 24.3 Å². The second-order valence-corrected chi connectivity index (χ2v) is 6.71. The highest BCUT2D eigenvalue weighted by Crippen LogP contribution is 2.33. The third kappa shape index (κ3) is 3.65. The minimum absolute atomic E-state index is 0.0968. The van der Waals surface area contributed by atoms with Gasteiger partial charge in [0.15, 0.2) is 11.5 Å². The number of ketones is 1. The van der Waals surface area contributed by atoms with Crippen LogP contribution in [0.25, 0.3) is 6.08 Å². The van der Waals surface area contributed by atoms with Gasteiger partial charge in [-0.25, -0.2) is 0 Å². The summed E-state index contributed by atoms with van der Waals surface area (Å²) in [6.45, 7) is 2.32. The molecule has 0 N–H and O–H groups in total. The van der Waals surface area contributed by atoms with Crippen LogP contribution in [0.3, 0.4) is 0 Å².